The average Bonchev–Trinajstić information content (AvgIpc) is 2.77. The number of nitrogens with one attached hydrogen (secondary N) is 1. The molecule has 3 aromatic rings. The van der Waals surface area contributed by atoms with Crippen molar-refractivity contribution in [2.75, 3.05) is 13.2 Å². The number of rotatable bonds is 7. The van der Waals surface area contributed by atoms with Gasteiger partial charge in [0.1, 0.15) is 17.4 Å². The molecule has 2 aromatic carbocycles. The minimum atomic E-state index is -4.83. The van der Waals surface area contributed by atoms with Gasteiger partial charge in [-0.05, 0) is 55.0 Å². The van der Waals surface area contributed by atoms with Gasteiger partial charge in [0.05, 0.1) is 23.4 Å². The SMILES string of the molecule is Cn1c(-c2cc(F)cc(C(F)(F)F)c2)cc(C(=O)NCCCOc2ccc(F)cc2)c(O)c1=O. The number of alkyl halides is 3. The number of amides is 1. The zero-order valence-corrected chi connectivity index (χ0v) is 17.7. The second-order valence-corrected chi connectivity index (χ2v) is 7.29. The molecule has 0 aliphatic rings. The molecule has 0 atom stereocenters. The van der Waals surface area contributed by atoms with Gasteiger partial charge in [-0.25, -0.2) is 8.78 Å². The van der Waals surface area contributed by atoms with Gasteiger partial charge < -0.3 is 19.7 Å². The zero-order valence-electron chi connectivity index (χ0n) is 17.7. The van der Waals surface area contributed by atoms with Crippen LogP contribution in [0.4, 0.5) is 22.0 Å². The monoisotopic (exact) mass is 482 g/mol. The van der Waals surface area contributed by atoms with Gasteiger partial charge in [-0.1, -0.05) is 0 Å². The van der Waals surface area contributed by atoms with Crippen molar-refractivity contribution < 1.29 is 36.6 Å². The lowest BCUT2D eigenvalue weighted by atomic mass is 10.0. The van der Waals surface area contributed by atoms with Crippen LogP contribution in [-0.4, -0.2) is 28.7 Å². The molecule has 0 spiro atoms. The Bertz CT molecular complexity index is 1250. The predicted octanol–water partition coefficient (Wildman–Crippen LogP) is 4.25. The lowest BCUT2D eigenvalue weighted by molar-refractivity contribution is -0.137. The molecule has 11 heteroatoms. The van der Waals surface area contributed by atoms with E-state index in [4.69, 9.17) is 4.74 Å². The number of benzene rings is 2. The zero-order chi connectivity index (χ0) is 25.0. The van der Waals surface area contributed by atoms with Crippen molar-refractivity contribution in [3.8, 4) is 22.8 Å². The summed E-state index contributed by atoms with van der Waals surface area (Å²) >= 11 is 0. The summed E-state index contributed by atoms with van der Waals surface area (Å²) in [5.41, 5.74) is -3.28. The van der Waals surface area contributed by atoms with Crippen molar-refractivity contribution in [3.05, 3.63) is 81.6 Å². The minimum absolute atomic E-state index is 0.0716. The van der Waals surface area contributed by atoms with Gasteiger partial charge in [0.2, 0.25) is 0 Å². The van der Waals surface area contributed by atoms with E-state index in [1.807, 2.05) is 0 Å². The molecule has 0 fully saturated rings. The Morgan fingerprint density at radius 3 is 2.38 bits per heavy atom. The topological polar surface area (TPSA) is 80.6 Å². The summed E-state index contributed by atoms with van der Waals surface area (Å²) in [4.78, 5) is 24.9. The molecule has 0 bridgehead atoms. The first-order valence-electron chi connectivity index (χ1n) is 9.95. The fourth-order valence-electron chi connectivity index (χ4n) is 3.13. The Hall–Kier alpha value is -3.89. The molecule has 0 aliphatic carbocycles. The predicted molar refractivity (Wildman–Crippen MR) is 113 cm³/mol. The van der Waals surface area contributed by atoms with Gasteiger partial charge in [-0.15, -0.1) is 0 Å². The van der Waals surface area contributed by atoms with Crippen LogP contribution in [0.3, 0.4) is 0 Å². The van der Waals surface area contributed by atoms with E-state index in [2.05, 4.69) is 5.32 Å². The number of aromatic nitrogens is 1. The maximum Gasteiger partial charge on any atom is 0.416 e. The molecule has 0 aliphatic heterocycles. The van der Waals surface area contributed by atoms with Crippen molar-refractivity contribution in [1.82, 2.24) is 9.88 Å². The molecule has 3 rings (SSSR count). The Labute approximate surface area is 190 Å². The number of aromatic hydroxyl groups is 1. The second kappa shape index (κ2) is 9.94. The fraction of sp³-hybridized carbons (Fsp3) is 0.217. The van der Waals surface area contributed by atoms with Crippen LogP contribution in [-0.2, 0) is 13.2 Å². The van der Waals surface area contributed by atoms with Gasteiger partial charge in [0, 0.05) is 19.2 Å². The highest BCUT2D eigenvalue weighted by Crippen LogP contribution is 2.33. The molecule has 1 heterocycles. The summed E-state index contributed by atoms with van der Waals surface area (Å²) in [6.45, 7) is 0.241. The standard InChI is InChI=1S/C23H19F5N2O4/c1-30-19(13-9-14(23(26,27)28)11-16(25)10-13)12-18(20(31)22(30)33)21(32)29-7-2-8-34-17-5-3-15(24)4-6-17/h3-6,9-12,31H,2,7-8H2,1H3,(H,29,32). The molecule has 6 nitrogen and oxygen atoms in total. The molecule has 0 radical (unpaired) electrons. The van der Waals surface area contributed by atoms with E-state index >= 15 is 0 Å². The van der Waals surface area contributed by atoms with Crippen molar-refractivity contribution in [1.29, 1.82) is 0 Å². The molecule has 34 heavy (non-hydrogen) atoms. The highest BCUT2D eigenvalue weighted by molar-refractivity contribution is 5.97. The summed E-state index contributed by atoms with van der Waals surface area (Å²) < 4.78 is 72.2. The van der Waals surface area contributed by atoms with Gasteiger partial charge >= 0.3 is 6.18 Å². The van der Waals surface area contributed by atoms with Gasteiger partial charge in [-0.3, -0.25) is 9.59 Å². The van der Waals surface area contributed by atoms with Crippen molar-refractivity contribution in [3.63, 3.8) is 0 Å². The first kappa shape index (κ1) is 24.7. The van der Waals surface area contributed by atoms with Crippen LogP contribution in [0.2, 0.25) is 0 Å². The molecular weight excluding hydrogens is 463 g/mol. The third-order valence-electron chi connectivity index (χ3n) is 4.86. The number of carbonyl (C=O) groups excluding carboxylic acids is 1. The molecule has 2 N–H and O–H groups in total. The summed E-state index contributed by atoms with van der Waals surface area (Å²) in [5.74, 6) is -2.93. The molecule has 180 valence electrons. The minimum Gasteiger partial charge on any atom is -0.502 e. The van der Waals surface area contributed by atoms with Crippen molar-refractivity contribution in [2.24, 2.45) is 7.05 Å². The van der Waals surface area contributed by atoms with E-state index in [-0.39, 0.29) is 24.4 Å². The van der Waals surface area contributed by atoms with E-state index in [0.717, 1.165) is 16.7 Å². The van der Waals surface area contributed by atoms with Gasteiger partial charge in [-0.2, -0.15) is 13.2 Å². The van der Waals surface area contributed by atoms with Crippen molar-refractivity contribution >= 4 is 5.91 Å². The summed E-state index contributed by atoms with van der Waals surface area (Å²) in [7, 11) is 1.17. The first-order chi connectivity index (χ1) is 16.0. The van der Waals surface area contributed by atoms with E-state index < -0.39 is 46.2 Å². The van der Waals surface area contributed by atoms with Crippen molar-refractivity contribution in [2.45, 2.75) is 12.6 Å². The fourth-order valence-corrected chi connectivity index (χ4v) is 3.13. The number of hydrogen-bond donors (Lipinski definition) is 2. The molecule has 0 unspecified atom stereocenters. The van der Waals surface area contributed by atoms with Crippen LogP contribution in [0, 0.1) is 11.6 Å². The quantitative estimate of drug-likeness (QED) is 0.390. The summed E-state index contributed by atoms with van der Waals surface area (Å²) in [6.07, 6.45) is -4.51. The highest BCUT2D eigenvalue weighted by atomic mass is 19.4. The van der Waals surface area contributed by atoms with Crippen LogP contribution in [0.15, 0.2) is 53.3 Å². The van der Waals surface area contributed by atoms with E-state index in [1.54, 1.807) is 0 Å². The van der Waals surface area contributed by atoms with E-state index in [0.29, 0.717) is 24.3 Å². The lowest BCUT2D eigenvalue weighted by Crippen LogP contribution is -2.29. The largest absolute Gasteiger partial charge is 0.502 e. The Kier molecular flexibility index (Phi) is 7.23. The third-order valence-corrected chi connectivity index (χ3v) is 4.86. The molecule has 0 saturated carbocycles. The second-order valence-electron chi connectivity index (χ2n) is 7.29. The Morgan fingerprint density at radius 2 is 1.74 bits per heavy atom. The van der Waals surface area contributed by atoms with Crippen LogP contribution in [0.1, 0.15) is 22.3 Å². The summed E-state index contributed by atoms with van der Waals surface area (Å²) in [6, 6.07) is 8.07. The van der Waals surface area contributed by atoms with Crippen LogP contribution in [0.5, 0.6) is 11.5 Å². The molecule has 0 saturated heterocycles. The van der Waals surface area contributed by atoms with E-state index in [1.165, 1.54) is 31.3 Å². The van der Waals surface area contributed by atoms with Crippen LogP contribution >= 0.6 is 0 Å². The number of hydrogen-bond acceptors (Lipinski definition) is 4. The number of ether oxygens (including phenoxy) is 1. The molecule has 1 aromatic heterocycles. The maximum absolute atomic E-state index is 13.8. The summed E-state index contributed by atoms with van der Waals surface area (Å²) in [5, 5.41) is 12.6. The first-order valence-corrected chi connectivity index (χ1v) is 9.95. The highest BCUT2D eigenvalue weighted by Gasteiger charge is 2.32. The van der Waals surface area contributed by atoms with Crippen LogP contribution < -0.4 is 15.6 Å². The third kappa shape index (κ3) is 5.72. The molecular formula is C23H19F5N2O4. The number of pyridine rings is 1. The van der Waals surface area contributed by atoms with Gasteiger partial charge in [0.15, 0.2) is 5.75 Å². The normalized spacial score (nSPS) is 11.4. The maximum atomic E-state index is 13.8. The number of carbonyl (C=O) groups is 1. The Balaban J connectivity index is 1.76. The smallest absolute Gasteiger partial charge is 0.416 e. The number of nitrogens with zero attached hydrogens (tertiary/aromatic N) is 1. The lowest BCUT2D eigenvalue weighted by Gasteiger charge is -2.15. The van der Waals surface area contributed by atoms with E-state index in [9.17, 15) is 36.6 Å². The number of halogens is 5. The average molecular weight is 482 g/mol. The Morgan fingerprint density at radius 1 is 1.06 bits per heavy atom. The molecule has 1 amide bonds. The van der Waals surface area contributed by atoms with Gasteiger partial charge in [0.25, 0.3) is 11.5 Å². The van der Waals surface area contributed by atoms with Crippen LogP contribution in [0.25, 0.3) is 11.3 Å².